The molecule has 2 atom stereocenters. The van der Waals surface area contributed by atoms with Gasteiger partial charge in [-0.25, -0.2) is 0 Å². The van der Waals surface area contributed by atoms with Crippen LogP contribution in [0.15, 0.2) is 18.2 Å². The molecule has 3 aliphatic rings. The van der Waals surface area contributed by atoms with Crippen LogP contribution in [0.5, 0.6) is 0 Å². The Morgan fingerprint density at radius 3 is 2.57 bits per heavy atom. The molecule has 3 fully saturated rings. The first-order valence-corrected chi connectivity index (χ1v) is 10.6. The Balaban J connectivity index is 1.47. The number of nitrogens with zero attached hydrogens (tertiary/aromatic N) is 2. The average molecular weight is 427 g/mol. The standard InChI is InChI=1S/C20H24Cl2N2O4/c21-14-5-6-16(22)15(11-14)18(25)24-8-2-4-17(24)19(26)23-7-1-3-13(12-23)20-27-9-10-28-20/h5-6,11,13,17,20H,1-4,7-10,12H2. The third-order valence-corrected chi connectivity index (χ3v) is 6.32. The largest absolute Gasteiger partial charge is 0.350 e. The fraction of sp³-hybridized carbons (Fsp3) is 0.600. The van der Waals surface area contributed by atoms with Crippen molar-refractivity contribution < 1.29 is 19.1 Å². The van der Waals surface area contributed by atoms with Gasteiger partial charge in [0.15, 0.2) is 6.29 Å². The number of halogens is 2. The second-order valence-electron chi connectivity index (χ2n) is 7.58. The summed E-state index contributed by atoms with van der Waals surface area (Å²) in [7, 11) is 0. The summed E-state index contributed by atoms with van der Waals surface area (Å²) in [6.45, 7) is 3.09. The molecule has 0 aliphatic carbocycles. The highest BCUT2D eigenvalue weighted by Crippen LogP contribution is 2.30. The summed E-state index contributed by atoms with van der Waals surface area (Å²) in [6.07, 6.45) is 3.15. The number of piperidine rings is 1. The van der Waals surface area contributed by atoms with Gasteiger partial charge in [0.25, 0.3) is 5.91 Å². The molecule has 0 bridgehead atoms. The zero-order valence-corrected chi connectivity index (χ0v) is 17.1. The monoisotopic (exact) mass is 426 g/mol. The van der Waals surface area contributed by atoms with Crippen molar-refractivity contribution in [1.29, 1.82) is 0 Å². The normalized spacial score (nSPS) is 26.1. The molecule has 0 radical (unpaired) electrons. The van der Waals surface area contributed by atoms with E-state index in [1.54, 1.807) is 23.1 Å². The Bertz CT molecular complexity index is 754. The molecule has 0 aromatic heterocycles. The van der Waals surface area contributed by atoms with Gasteiger partial charge in [-0.2, -0.15) is 0 Å². The van der Waals surface area contributed by atoms with Crippen LogP contribution in [-0.4, -0.2) is 66.8 Å². The molecular weight excluding hydrogens is 403 g/mol. The molecule has 1 aromatic rings. The highest BCUT2D eigenvalue weighted by Gasteiger charge is 2.40. The molecule has 0 spiro atoms. The van der Waals surface area contributed by atoms with Crippen molar-refractivity contribution in [3.8, 4) is 0 Å². The summed E-state index contributed by atoms with van der Waals surface area (Å²) >= 11 is 12.2. The van der Waals surface area contributed by atoms with Crippen molar-refractivity contribution in [3.63, 3.8) is 0 Å². The number of carbonyl (C=O) groups is 2. The molecule has 1 aromatic carbocycles. The van der Waals surface area contributed by atoms with E-state index in [1.165, 1.54) is 0 Å². The first-order valence-electron chi connectivity index (χ1n) is 9.82. The Hall–Kier alpha value is -1.34. The van der Waals surface area contributed by atoms with Crippen LogP contribution in [0.2, 0.25) is 10.0 Å². The van der Waals surface area contributed by atoms with Crippen LogP contribution >= 0.6 is 23.2 Å². The van der Waals surface area contributed by atoms with E-state index in [9.17, 15) is 9.59 Å². The lowest BCUT2D eigenvalue weighted by molar-refractivity contribution is -0.143. The molecule has 3 saturated heterocycles. The Kier molecular flexibility index (Phi) is 6.11. The van der Waals surface area contributed by atoms with Crippen LogP contribution in [0.3, 0.4) is 0 Å². The average Bonchev–Trinajstić information content (AvgIpc) is 3.41. The maximum Gasteiger partial charge on any atom is 0.256 e. The molecule has 0 saturated carbocycles. The maximum absolute atomic E-state index is 13.3. The van der Waals surface area contributed by atoms with Crippen LogP contribution < -0.4 is 0 Å². The molecule has 28 heavy (non-hydrogen) atoms. The molecule has 4 rings (SSSR count). The fourth-order valence-corrected chi connectivity index (χ4v) is 4.74. The molecular formula is C20H24Cl2N2O4. The van der Waals surface area contributed by atoms with Gasteiger partial charge in [0.05, 0.1) is 23.8 Å². The lowest BCUT2D eigenvalue weighted by atomic mass is 9.96. The van der Waals surface area contributed by atoms with Gasteiger partial charge < -0.3 is 19.3 Å². The van der Waals surface area contributed by atoms with Crippen LogP contribution in [0, 0.1) is 5.92 Å². The highest BCUT2D eigenvalue weighted by atomic mass is 35.5. The summed E-state index contributed by atoms with van der Waals surface area (Å²) in [6, 6.07) is 4.37. The zero-order chi connectivity index (χ0) is 19.7. The van der Waals surface area contributed by atoms with Crippen molar-refractivity contribution in [3.05, 3.63) is 33.8 Å². The Morgan fingerprint density at radius 2 is 1.79 bits per heavy atom. The zero-order valence-electron chi connectivity index (χ0n) is 15.6. The number of hydrogen-bond donors (Lipinski definition) is 0. The van der Waals surface area contributed by atoms with E-state index in [4.69, 9.17) is 32.7 Å². The maximum atomic E-state index is 13.3. The van der Waals surface area contributed by atoms with E-state index < -0.39 is 6.04 Å². The first-order chi connectivity index (χ1) is 13.5. The van der Waals surface area contributed by atoms with Gasteiger partial charge in [-0.15, -0.1) is 0 Å². The SMILES string of the molecule is O=C(C1CCCN1C(=O)c1cc(Cl)ccc1Cl)N1CCCC(C2OCCO2)C1. The predicted molar refractivity (Wildman–Crippen MR) is 106 cm³/mol. The number of carbonyl (C=O) groups excluding carboxylic acids is 2. The summed E-state index contributed by atoms with van der Waals surface area (Å²) in [5.41, 5.74) is 0.346. The van der Waals surface area contributed by atoms with Gasteiger partial charge in [0, 0.05) is 30.6 Å². The highest BCUT2D eigenvalue weighted by molar-refractivity contribution is 6.35. The van der Waals surface area contributed by atoms with Crippen LogP contribution in [0.4, 0.5) is 0 Å². The number of hydrogen-bond acceptors (Lipinski definition) is 4. The van der Waals surface area contributed by atoms with Crippen molar-refractivity contribution in [2.75, 3.05) is 32.8 Å². The van der Waals surface area contributed by atoms with E-state index in [0.29, 0.717) is 54.9 Å². The van der Waals surface area contributed by atoms with Crippen LogP contribution in [-0.2, 0) is 14.3 Å². The van der Waals surface area contributed by atoms with E-state index >= 15 is 0 Å². The summed E-state index contributed by atoms with van der Waals surface area (Å²) < 4.78 is 11.3. The lowest BCUT2D eigenvalue weighted by Crippen LogP contribution is -2.52. The van der Waals surface area contributed by atoms with Gasteiger partial charge in [-0.1, -0.05) is 23.2 Å². The van der Waals surface area contributed by atoms with E-state index in [2.05, 4.69) is 0 Å². The van der Waals surface area contributed by atoms with Gasteiger partial charge in [-0.05, 0) is 43.9 Å². The lowest BCUT2D eigenvalue weighted by Gasteiger charge is -2.37. The molecule has 2 amide bonds. The van der Waals surface area contributed by atoms with Crippen LogP contribution in [0.25, 0.3) is 0 Å². The third-order valence-electron chi connectivity index (χ3n) is 5.76. The van der Waals surface area contributed by atoms with E-state index in [1.807, 2.05) is 4.90 Å². The second kappa shape index (κ2) is 8.57. The minimum absolute atomic E-state index is 0.00620. The number of likely N-dealkylation sites (tertiary alicyclic amines) is 2. The molecule has 8 heteroatoms. The van der Waals surface area contributed by atoms with E-state index in [0.717, 1.165) is 19.3 Å². The minimum Gasteiger partial charge on any atom is -0.350 e. The molecule has 3 aliphatic heterocycles. The number of amides is 2. The Morgan fingerprint density at radius 1 is 1.04 bits per heavy atom. The topological polar surface area (TPSA) is 59.1 Å². The van der Waals surface area contributed by atoms with Crippen LogP contribution in [0.1, 0.15) is 36.0 Å². The number of ether oxygens (including phenoxy) is 2. The summed E-state index contributed by atoms with van der Waals surface area (Å²) in [5.74, 6) is -0.0424. The van der Waals surface area contributed by atoms with E-state index in [-0.39, 0.29) is 24.0 Å². The number of benzene rings is 1. The summed E-state index contributed by atoms with van der Waals surface area (Å²) in [5, 5.41) is 0.798. The Labute approximate surface area is 174 Å². The number of rotatable bonds is 3. The molecule has 152 valence electrons. The second-order valence-corrected chi connectivity index (χ2v) is 8.42. The smallest absolute Gasteiger partial charge is 0.256 e. The van der Waals surface area contributed by atoms with Gasteiger partial charge >= 0.3 is 0 Å². The van der Waals surface area contributed by atoms with Crippen molar-refractivity contribution >= 4 is 35.0 Å². The van der Waals surface area contributed by atoms with Crippen molar-refractivity contribution in [2.24, 2.45) is 5.92 Å². The fourth-order valence-electron chi connectivity index (χ4n) is 4.37. The van der Waals surface area contributed by atoms with Crippen molar-refractivity contribution in [1.82, 2.24) is 9.80 Å². The first kappa shape index (κ1) is 20.0. The summed E-state index contributed by atoms with van der Waals surface area (Å²) in [4.78, 5) is 29.8. The minimum atomic E-state index is -0.452. The van der Waals surface area contributed by atoms with Gasteiger partial charge in [0.2, 0.25) is 5.91 Å². The quantitative estimate of drug-likeness (QED) is 0.744. The molecule has 6 nitrogen and oxygen atoms in total. The van der Waals surface area contributed by atoms with Crippen molar-refractivity contribution in [2.45, 2.75) is 38.0 Å². The van der Waals surface area contributed by atoms with Gasteiger partial charge in [-0.3, -0.25) is 9.59 Å². The molecule has 0 N–H and O–H groups in total. The molecule has 2 unspecified atom stereocenters. The van der Waals surface area contributed by atoms with Gasteiger partial charge in [0.1, 0.15) is 6.04 Å². The predicted octanol–water partition coefficient (Wildman–Crippen LogP) is 3.21. The third kappa shape index (κ3) is 4.01. The molecule has 3 heterocycles.